The van der Waals surface area contributed by atoms with Gasteiger partial charge in [-0.15, -0.1) is 0 Å². The van der Waals surface area contributed by atoms with Crippen molar-refractivity contribution in [3.8, 4) is 5.69 Å². The molecule has 1 aromatic carbocycles. The fourth-order valence-corrected chi connectivity index (χ4v) is 4.87. The minimum absolute atomic E-state index is 0.0740. The summed E-state index contributed by atoms with van der Waals surface area (Å²) in [4.78, 5) is 19.0. The summed E-state index contributed by atoms with van der Waals surface area (Å²) in [6.07, 6.45) is 9.18. The Balaban J connectivity index is 1.54. The Morgan fingerprint density at radius 2 is 1.90 bits per heavy atom. The maximum absolute atomic E-state index is 13.2. The third-order valence-electron chi connectivity index (χ3n) is 5.30. The zero-order chi connectivity index (χ0) is 21.1. The van der Waals surface area contributed by atoms with Gasteiger partial charge in [-0.1, -0.05) is 12.1 Å². The van der Waals surface area contributed by atoms with Gasteiger partial charge in [-0.25, -0.2) is 8.42 Å². The molecule has 0 bridgehead atoms. The predicted molar refractivity (Wildman–Crippen MR) is 116 cm³/mol. The summed E-state index contributed by atoms with van der Waals surface area (Å²) >= 11 is 0. The number of rotatable bonds is 6. The van der Waals surface area contributed by atoms with Gasteiger partial charge in [-0.3, -0.25) is 9.78 Å². The minimum Gasteiger partial charge on any atom is -0.331 e. The van der Waals surface area contributed by atoms with Gasteiger partial charge in [0.25, 0.3) is 0 Å². The molecule has 0 spiro atoms. The molecule has 3 heterocycles. The van der Waals surface area contributed by atoms with Crippen LogP contribution in [0.5, 0.6) is 0 Å². The van der Waals surface area contributed by atoms with Crippen LogP contribution in [0, 0.1) is 6.92 Å². The van der Waals surface area contributed by atoms with Crippen LogP contribution < -0.4 is 0 Å². The van der Waals surface area contributed by atoms with E-state index in [-0.39, 0.29) is 18.1 Å². The highest BCUT2D eigenvalue weighted by Crippen LogP contribution is 2.20. The van der Waals surface area contributed by atoms with Crippen LogP contribution in [0.4, 0.5) is 0 Å². The lowest BCUT2D eigenvalue weighted by Crippen LogP contribution is -2.41. The van der Waals surface area contributed by atoms with Gasteiger partial charge >= 0.3 is 0 Å². The number of carbonyl (C=O) groups is 1. The van der Waals surface area contributed by atoms with Crippen LogP contribution in [0.15, 0.2) is 78.7 Å². The standard InChI is InChI=1S/C23H23N3O3S/c1-18-15-24-10-8-20(18)16-26(22-9-13-30(28,29)17-22)23(27)14-19-4-6-21(7-5-19)25-11-2-3-12-25/h2-13,15,22H,14,16-17H2,1H3. The molecule has 1 amide bonds. The number of amides is 1. The Hall–Kier alpha value is -3.19. The van der Waals surface area contributed by atoms with Crippen LogP contribution >= 0.6 is 0 Å². The zero-order valence-electron chi connectivity index (χ0n) is 16.7. The number of hydrogen-bond acceptors (Lipinski definition) is 4. The Bertz CT molecular complexity index is 1170. The van der Waals surface area contributed by atoms with Crippen molar-refractivity contribution in [2.24, 2.45) is 0 Å². The van der Waals surface area contributed by atoms with Crippen molar-refractivity contribution in [2.45, 2.75) is 25.9 Å². The van der Waals surface area contributed by atoms with E-state index >= 15 is 0 Å². The Morgan fingerprint density at radius 3 is 2.53 bits per heavy atom. The molecule has 0 N–H and O–H groups in total. The molecule has 7 heteroatoms. The molecular formula is C23H23N3O3S. The van der Waals surface area contributed by atoms with E-state index in [4.69, 9.17) is 0 Å². The third kappa shape index (κ3) is 4.52. The number of aromatic nitrogens is 2. The van der Waals surface area contributed by atoms with Crippen molar-refractivity contribution in [1.29, 1.82) is 0 Å². The molecule has 0 aliphatic carbocycles. The molecule has 1 atom stereocenters. The number of nitrogens with zero attached hydrogens (tertiary/aromatic N) is 3. The first-order chi connectivity index (χ1) is 14.4. The summed E-state index contributed by atoms with van der Waals surface area (Å²) in [5.74, 6) is -0.179. The Labute approximate surface area is 176 Å². The molecule has 4 rings (SSSR count). The van der Waals surface area contributed by atoms with Gasteiger partial charge < -0.3 is 9.47 Å². The van der Waals surface area contributed by atoms with E-state index in [1.165, 1.54) is 5.41 Å². The van der Waals surface area contributed by atoms with E-state index < -0.39 is 15.9 Å². The molecule has 2 aromatic heterocycles. The highest BCUT2D eigenvalue weighted by atomic mass is 32.2. The van der Waals surface area contributed by atoms with E-state index in [0.29, 0.717) is 6.54 Å². The first-order valence-electron chi connectivity index (χ1n) is 9.73. The van der Waals surface area contributed by atoms with Gasteiger partial charge in [0, 0.05) is 42.4 Å². The lowest BCUT2D eigenvalue weighted by molar-refractivity contribution is -0.132. The van der Waals surface area contributed by atoms with Crippen molar-refractivity contribution in [1.82, 2.24) is 14.5 Å². The molecule has 0 fully saturated rings. The molecule has 6 nitrogen and oxygen atoms in total. The normalized spacial score (nSPS) is 17.2. The van der Waals surface area contributed by atoms with Crippen molar-refractivity contribution in [2.75, 3.05) is 5.75 Å². The van der Waals surface area contributed by atoms with Crippen LogP contribution in [-0.4, -0.2) is 40.6 Å². The van der Waals surface area contributed by atoms with Gasteiger partial charge in [-0.05, 0) is 60.0 Å². The summed E-state index contributed by atoms with van der Waals surface area (Å²) in [5.41, 5.74) is 3.83. The topological polar surface area (TPSA) is 72.3 Å². The molecule has 3 aromatic rings. The highest BCUT2D eigenvalue weighted by molar-refractivity contribution is 7.94. The number of aryl methyl sites for hydroxylation is 1. The highest BCUT2D eigenvalue weighted by Gasteiger charge is 2.30. The molecular weight excluding hydrogens is 398 g/mol. The fourth-order valence-electron chi connectivity index (χ4n) is 3.58. The monoisotopic (exact) mass is 421 g/mol. The number of sulfone groups is 1. The predicted octanol–water partition coefficient (Wildman–Crippen LogP) is 3.06. The van der Waals surface area contributed by atoms with Gasteiger partial charge in [0.15, 0.2) is 9.84 Å². The maximum Gasteiger partial charge on any atom is 0.227 e. The summed E-state index contributed by atoms with van der Waals surface area (Å²) in [5, 5.41) is 1.21. The largest absolute Gasteiger partial charge is 0.331 e. The van der Waals surface area contributed by atoms with E-state index in [9.17, 15) is 13.2 Å². The van der Waals surface area contributed by atoms with Crippen molar-refractivity contribution in [3.05, 3.63) is 95.4 Å². The summed E-state index contributed by atoms with van der Waals surface area (Å²) in [6.45, 7) is 2.28. The molecule has 0 radical (unpaired) electrons. The number of pyridine rings is 1. The SMILES string of the molecule is Cc1cnccc1CN(C(=O)Cc1ccc(-n2cccc2)cc1)C1C=CS(=O)(=O)C1. The maximum atomic E-state index is 13.2. The fraction of sp³-hybridized carbons (Fsp3) is 0.217. The van der Waals surface area contributed by atoms with Gasteiger partial charge in [0.05, 0.1) is 18.2 Å². The van der Waals surface area contributed by atoms with Crippen LogP contribution in [-0.2, 0) is 27.6 Å². The second-order valence-electron chi connectivity index (χ2n) is 7.48. The Kier molecular flexibility index (Phi) is 5.55. The van der Waals surface area contributed by atoms with E-state index in [1.54, 1.807) is 23.4 Å². The molecule has 1 aliphatic heterocycles. The average Bonchev–Trinajstić information content (AvgIpc) is 3.37. The van der Waals surface area contributed by atoms with Crippen LogP contribution in [0.3, 0.4) is 0 Å². The molecule has 1 aliphatic rings. The smallest absolute Gasteiger partial charge is 0.227 e. The summed E-state index contributed by atoms with van der Waals surface area (Å²) in [6, 6.07) is 13.1. The first kappa shape index (κ1) is 20.1. The zero-order valence-corrected chi connectivity index (χ0v) is 17.5. The summed E-state index contributed by atoms with van der Waals surface area (Å²) in [7, 11) is -3.27. The first-order valence-corrected chi connectivity index (χ1v) is 11.4. The minimum atomic E-state index is -3.27. The quantitative estimate of drug-likeness (QED) is 0.613. The molecule has 154 valence electrons. The number of hydrogen-bond donors (Lipinski definition) is 0. The van der Waals surface area contributed by atoms with E-state index in [2.05, 4.69) is 4.98 Å². The third-order valence-corrected chi connectivity index (χ3v) is 6.68. The average molecular weight is 422 g/mol. The lowest BCUT2D eigenvalue weighted by atomic mass is 10.1. The number of carbonyl (C=O) groups excluding carboxylic acids is 1. The van der Waals surface area contributed by atoms with Gasteiger partial charge in [-0.2, -0.15) is 0 Å². The van der Waals surface area contributed by atoms with Gasteiger partial charge in [0.1, 0.15) is 0 Å². The van der Waals surface area contributed by atoms with Crippen molar-refractivity contribution >= 4 is 15.7 Å². The second-order valence-corrected chi connectivity index (χ2v) is 9.41. The van der Waals surface area contributed by atoms with Crippen LogP contribution in [0.2, 0.25) is 0 Å². The second kappa shape index (κ2) is 8.28. The Morgan fingerprint density at radius 1 is 1.17 bits per heavy atom. The molecule has 0 saturated heterocycles. The lowest BCUT2D eigenvalue weighted by Gasteiger charge is -2.28. The van der Waals surface area contributed by atoms with Gasteiger partial charge in [0.2, 0.25) is 5.91 Å². The van der Waals surface area contributed by atoms with Crippen molar-refractivity contribution < 1.29 is 13.2 Å². The van der Waals surface area contributed by atoms with Crippen LogP contribution in [0.25, 0.3) is 5.69 Å². The van der Waals surface area contributed by atoms with Crippen molar-refractivity contribution in [3.63, 3.8) is 0 Å². The molecule has 30 heavy (non-hydrogen) atoms. The molecule has 0 saturated carbocycles. The summed E-state index contributed by atoms with van der Waals surface area (Å²) < 4.78 is 25.9. The van der Waals surface area contributed by atoms with Crippen LogP contribution in [0.1, 0.15) is 16.7 Å². The van der Waals surface area contributed by atoms with E-state index in [1.807, 2.05) is 66.3 Å². The van der Waals surface area contributed by atoms with E-state index in [0.717, 1.165) is 22.4 Å². The number of benzene rings is 1. The molecule has 1 unspecified atom stereocenters.